The summed E-state index contributed by atoms with van der Waals surface area (Å²) in [6.07, 6.45) is -0.413. The first kappa shape index (κ1) is 16.2. The molecule has 2 aromatic carbocycles. The number of anilines is 1. The van der Waals surface area contributed by atoms with E-state index in [2.05, 4.69) is 5.32 Å². The first-order valence-electron chi connectivity index (χ1n) is 6.88. The van der Waals surface area contributed by atoms with Crippen LogP contribution in [0.25, 0.3) is 0 Å². The van der Waals surface area contributed by atoms with Crippen molar-refractivity contribution in [1.82, 2.24) is 4.90 Å². The highest BCUT2D eigenvalue weighted by Crippen LogP contribution is 2.12. The zero-order chi connectivity index (χ0) is 16.7. The average molecular weight is 311 g/mol. The van der Waals surface area contributed by atoms with Crippen LogP contribution in [0.5, 0.6) is 0 Å². The van der Waals surface area contributed by atoms with E-state index in [1.165, 1.54) is 18.2 Å². The lowest BCUT2D eigenvalue weighted by Gasteiger charge is -2.20. The molecule has 0 bridgehead atoms. The Kier molecular flexibility index (Phi) is 5.42. The summed E-state index contributed by atoms with van der Waals surface area (Å²) in [5.74, 6) is -1.12. The number of nitrogens with zero attached hydrogens (tertiary/aromatic N) is 2. The van der Waals surface area contributed by atoms with Crippen LogP contribution >= 0.6 is 0 Å². The Morgan fingerprint density at radius 1 is 1.13 bits per heavy atom. The van der Waals surface area contributed by atoms with Crippen molar-refractivity contribution in [2.24, 2.45) is 0 Å². The molecule has 0 heterocycles. The third-order valence-electron chi connectivity index (χ3n) is 3.04. The predicted octanol–water partition coefficient (Wildman–Crippen LogP) is 3.30. The van der Waals surface area contributed by atoms with Gasteiger partial charge in [0.15, 0.2) is 0 Å². The first-order valence-corrected chi connectivity index (χ1v) is 6.88. The molecule has 2 aromatic rings. The maximum atomic E-state index is 13.2. The smallest absolute Gasteiger partial charge is 0.307 e. The van der Waals surface area contributed by atoms with Crippen LogP contribution in [-0.4, -0.2) is 16.8 Å². The van der Waals surface area contributed by atoms with Gasteiger partial charge in [-0.25, -0.2) is 9.18 Å². The Labute approximate surface area is 133 Å². The number of nitriles is 1. The van der Waals surface area contributed by atoms with Gasteiger partial charge in [0.25, 0.3) is 0 Å². The van der Waals surface area contributed by atoms with Gasteiger partial charge in [0.05, 0.1) is 12.6 Å². The summed E-state index contributed by atoms with van der Waals surface area (Å²) in [6.45, 7) is 0.0303. The predicted molar refractivity (Wildman–Crippen MR) is 82.6 cm³/mol. The molecule has 23 heavy (non-hydrogen) atoms. The van der Waals surface area contributed by atoms with Crippen LogP contribution in [0.2, 0.25) is 0 Å². The van der Waals surface area contributed by atoms with E-state index in [1.54, 1.807) is 30.3 Å². The van der Waals surface area contributed by atoms with Gasteiger partial charge in [-0.05, 0) is 23.8 Å². The molecule has 3 amide bonds. The molecule has 0 aliphatic carbocycles. The van der Waals surface area contributed by atoms with E-state index >= 15 is 0 Å². The molecule has 5 nitrogen and oxygen atoms in total. The van der Waals surface area contributed by atoms with Gasteiger partial charge in [-0.15, -0.1) is 0 Å². The number of hydrogen-bond donors (Lipinski definition) is 1. The van der Waals surface area contributed by atoms with E-state index in [-0.39, 0.29) is 12.2 Å². The van der Waals surface area contributed by atoms with E-state index in [1.807, 2.05) is 6.07 Å². The molecular formula is C17H14FN3O2. The van der Waals surface area contributed by atoms with Crippen molar-refractivity contribution in [3.8, 4) is 6.07 Å². The molecule has 0 aliphatic heterocycles. The first-order chi connectivity index (χ1) is 11.1. The number of hydrogen-bond acceptors (Lipinski definition) is 3. The monoisotopic (exact) mass is 311 g/mol. The summed E-state index contributed by atoms with van der Waals surface area (Å²) in [5, 5.41) is 11.1. The molecule has 0 aromatic heterocycles. The molecule has 0 fully saturated rings. The largest absolute Gasteiger partial charge is 0.328 e. The fourth-order valence-electron chi connectivity index (χ4n) is 1.96. The average Bonchev–Trinajstić information content (AvgIpc) is 2.53. The molecule has 0 saturated heterocycles. The topological polar surface area (TPSA) is 73.2 Å². The minimum Gasteiger partial charge on any atom is -0.307 e. The molecule has 1 N–H and O–H groups in total. The van der Waals surface area contributed by atoms with Crippen molar-refractivity contribution >= 4 is 17.6 Å². The van der Waals surface area contributed by atoms with E-state index in [0.717, 1.165) is 16.5 Å². The number of carbonyl (C=O) groups excluding carboxylic acids is 2. The number of imide groups is 1. The van der Waals surface area contributed by atoms with E-state index in [4.69, 9.17) is 5.26 Å². The van der Waals surface area contributed by atoms with Crippen molar-refractivity contribution in [3.63, 3.8) is 0 Å². The lowest BCUT2D eigenvalue weighted by atomic mass is 10.2. The number of nitrogens with one attached hydrogen (secondary N) is 1. The molecule has 0 unspecified atom stereocenters. The minimum absolute atomic E-state index is 0.0303. The zero-order valence-electron chi connectivity index (χ0n) is 12.2. The third-order valence-corrected chi connectivity index (χ3v) is 3.04. The van der Waals surface area contributed by atoms with E-state index in [0.29, 0.717) is 0 Å². The second-order valence-corrected chi connectivity index (χ2v) is 4.74. The summed E-state index contributed by atoms with van der Waals surface area (Å²) in [6, 6.07) is 15.3. The van der Waals surface area contributed by atoms with Crippen LogP contribution < -0.4 is 5.32 Å². The standard InChI is InChI=1S/C17H14FN3O2/c18-14-7-4-8-15(11-14)20-17(23)21(16(22)9-10-19)12-13-5-2-1-3-6-13/h1-8,11H,9,12H2,(H,20,23). The van der Waals surface area contributed by atoms with Crippen molar-refractivity contribution in [1.29, 1.82) is 5.26 Å². The summed E-state index contributed by atoms with van der Waals surface area (Å²) >= 11 is 0. The Bertz CT molecular complexity index is 741. The molecule has 0 aliphatic rings. The van der Waals surface area contributed by atoms with Crippen LogP contribution in [0.3, 0.4) is 0 Å². The van der Waals surface area contributed by atoms with Crippen molar-refractivity contribution in [2.45, 2.75) is 13.0 Å². The number of urea groups is 1. The fraction of sp³-hybridized carbons (Fsp3) is 0.118. The molecule has 2 rings (SSSR count). The molecule has 0 spiro atoms. The van der Waals surface area contributed by atoms with E-state index < -0.39 is 24.2 Å². The minimum atomic E-state index is -0.709. The Morgan fingerprint density at radius 3 is 2.52 bits per heavy atom. The summed E-state index contributed by atoms with van der Waals surface area (Å²) in [4.78, 5) is 25.3. The van der Waals surface area contributed by atoms with Gasteiger partial charge >= 0.3 is 6.03 Å². The normalized spacial score (nSPS) is 9.74. The van der Waals surface area contributed by atoms with Crippen LogP contribution in [-0.2, 0) is 11.3 Å². The zero-order valence-corrected chi connectivity index (χ0v) is 12.2. The van der Waals surface area contributed by atoms with Gasteiger partial charge in [-0.1, -0.05) is 36.4 Å². The molecule has 116 valence electrons. The summed E-state index contributed by atoms with van der Waals surface area (Å²) in [7, 11) is 0. The molecule has 0 saturated carbocycles. The van der Waals surface area contributed by atoms with Crippen LogP contribution in [0.4, 0.5) is 14.9 Å². The summed E-state index contributed by atoms with van der Waals surface area (Å²) in [5.41, 5.74) is 0.978. The molecular weight excluding hydrogens is 297 g/mol. The second kappa shape index (κ2) is 7.71. The van der Waals surface area contributed by atoms with E-state index in [9.17, 15) is 14.0 Å². The lowest BCUT2D eigenvalue weighted by Crippen LogP contribution is -2.39. The number of amides is 3. The highest BCUT2D eigenvalue weighted by molar-refractivity contribution is 6.01. The van der Waals surface area contributed by atoms with Gasteiger partial charge in [-0.3, -0.25) is 9.69 Å². The van der Waals surface area contributed by atoms with Crippen LogP contribution in [0.1, 0.15) is 12.0 Å². The Hall–Kier alpha value is -3.20. The second-order valence-electron chi connectivity index (χ2n) is 4.74. The van der Waals surface area contributed by atoms with Gasteiger partial charge in [0, 0.05) is 5.69 Å². The van der Waals surface area contributed by atoms with Gasteiger partial charge in [0.1, 0.15) is 12.2 Å². The van der Waals surface area contributed by atoms with Gasteiger partial charge in [0.2, 0.25) is 5.91 Å². The lowest BCUT2D eigenvalue weighted by molar-refractivity contribution is -0.127. The Morgan fingerprint density at radius 2 is 1.87 bits per heavy atom. The number of carbonyl (C=O) groups is 2. The van der Waals surface area contributed by atoms with Gasteiger partial charge in [-0.2, -0.15) is 5.26 Å². The van der Waals surface area contributed by atoms with Gasteiger partial charge < -0.3 is 5.32 Å². The van der Waals surface area contributed by atoms with Crippen LogP contribution in [0, 0.1) is 17.1 Å². The van der Waals surface area contributed by atoms with Crippen LogP contribution in [0.15, 0.2) is 54.6 Å². The summed E-state index contributed by atoms with van der Waals surface area (Å²) < 4.78 is 13.2. The SMILES string of the molecule is N#CCC(=O)N(Cc1ccccc1)C(=O)Nc1cccc(F)c1. The van der Waals surface area contributed by atoms with Crippen molar-refractivity contribution in [2.75, 3.05) is 5.32 Å². The molecule has 0 atom stereocenters. The van der Waals surface area contributed by atoms with Crippen molar-refractivity contribution < 1.29 is 14.0 Å². The molecule has 6 heteroatoms. The maximum Gasteiger partial charge on any atom is 0.328 e. The number of benzene rings is 2. The Balaban J connectivity index is 2.17. The quantitative estimate of drug-likeness (QED) is 0.941. The highest BCUT2D eigenvalue weighted by Gasteiger charge is 2.21. The maximum absolute atomic E-state index is 13.2. The number of rotatable bonds is 4. The highest BCUT2D eigenvalue weighted by atomic mass is 19.1. The number of halogens is 1. The molecule has 0 radical (unpaired) electrons. The third kappa shape index (κ3) is 4.64. The van der Waals surface area contributed by atoms with Crippen molar-refractivity contribution in [3.05, 3.63) is 66.0 Å². The fourth-order valence-corrected chi connectivity index (χ4v) is 1.96.